The van der Waals surface area contributed by atoms with Gasteiger partial charge in [-0.05, 0) is 128 Å². The SMILES string of the molecule is CC/C=C\C/C=C\C/C=C\C/C=C\C/C=C\C/C=C\C/C=C\CCCCCC(=O)OC(COC(=O)CCCCCCC/C=C\CCCC)COC(=O)CCCCCCCCCCCCCCCCCCC/C=C\C/C=C\CCCCCCC. The highest BCUT2D eigenvalue weighted by Crippen LogP contribution is 2.17. The van der Waals surface area contributed by atoms with Gasteiger partial charge in [-0.1, -0.05) is 303 Å². The Balaban J connectivity index is 4.28. The van der Waals surface area contributed by atoms with E-state index in [9.17, 15) is 14.4 Å². The van der Waals surface area contributed by atoms with E-state index in [0.29, 0.717) is 12.8 Å². The third kappa shape index (κ3) is 68.5. The molecule has 0 heterocycles. The van der Waals surface area contributed by atoms with Gasteiger partial charge in [0.2, 0.25) is 0 Å². The second-order valence-corrected chi connectivity index (χ2v) is 23.1. The molecule has 0 amide bonds. The smallest absolute Gasteiger partial charge is 0.306 e. The molecule has 0 spiro atoms. The van der Waals surface area contributed by atoms with Crippen LogP contribution < -0.4 is 0 Å². The first-order chi connectivity index (χ1) is 41.0. The second-order valence-electron chi connectivity index (χ2n) is 23.1. The standard InChI is InChI=1S/C77H130O6/c1-4-7-10-13-16-19-22-24-26-28-30-32-34-36-37-38-39-41-42-44-46-48-50-52-55-58-61-64-67-70-76(79)82-73-74(72-81-75(78)69-66-63-60-57-54-21-18-15-12-9-6-3)83-77(80)71-68-65-62-59-56-53-51-49-47-45-43-40-35-33-31-29-27-25-23-20-17-14-11-8-5-2/h8,11,15,17-18,20,22,24-25,27-28,30-31,33,40,43,47,49,53,56,74H,4-7,9-10,12-14,16,19,21,23,26,29,32,34-39,41-42,44-46,48,50-52,54-55,57-73H2,1-3H3/b11-8-,18-15-,20-17-,24-22-,27-25-,30-28-,33-31-,43-40-,49-47-,56-53-. The minimum absolute atomic E-state index is 0.0946. The Hall–Kier alpha value is -4.19. The number of hydrogen-bond acceptors (Lipinski definition) is 6. The molecule has 6 nitrogen and oxygen atoms in total. The molecule has 1 atom stereocenters. The van der Waals surface area contributed by atoms with Gasteiger partial charge in [0.1, 0.15) is 13.2 Å². The number of rotatable bonds is 63. The molecule has 0 bridgehead atoms. The summed E-state index contributed by atoms with van der Waals surface area (Å²) < 4.78 is 16.9. The first-order valence-electron chi connectivity index (χ1n) is 35.0. The lowest BCUT2D eigenvalue weighted by molar-refractivity contribution is -0.167. The first kappa shape index (κ1) is 78.8. The normalized spacial score (nSPS) is 12.9. The summed E-state index contributed by atoms with van der Waals surface area (Å²) in [4.78, 5) is 38.3. The predicted molar refractivity (Wildman–Crippen MR) is 362 cm³/mol. The van der Waals surface area contributed by atoms with Crippen LogP contribution in [0.3, 0.4) is 0 Å². The van der Waals surface area contributed by atoms with Crippen molar-refractivity contribution >= 4 is 17.9 Å². The predicted octanol–water partition coefficient (Wildman–Crippen LogP) is 24.3. The van der Waals surface area contributed by atoms with E-state index in [1.807, 2.05) is 0 Å². The lowest BCUT2D eigenvalue weighted by Gasteiger charge is -2.18. The van der Waals surface area contributed by atoms with Crippen LogP contribution in [-0.2, 0) is 28.6 Å². The molecule has 0 aliphatic carbocycles. The number of carbonyl (C=O) groups excluding carboxylic acids is 3. The Labute approximate surface area is 513 Å². The molecule has 0 aliphatic rings. The summed E-state index contributed by atoms with van der Waals surface area (Å²) in [5, 5.41) is 0. The maximum atomic E-state index is 12.9. The van der Waals surface area contributed by atoms with Crippen LogP contribution in [-0.4, -0.2) is 37.2 Å². The monoisotopic (exact) mass is 1150 g/mol. The highest BCUT2D eigenvalue weighted by Gasteiger charge is 2.19. The molecule has 1 unspecified atom stereocenters. The molecule has 0 N–H and O–H groups in total. The van der Waals surface area contributed by atoms with E-state index in [2.05, 4.69) is 142 Å². The van der Waals surface area contributed by atoms with Crippen LogP contribution in [0.5, 0.6) is 0 Å². The van der Waals surface area contributed by atoms with Crippen molar-refractivity contribution in [2.45, 2.75) is 335 Å². The minimum atomic E-state index is -0.803. The van der Waals surface area contributed by atoms with Gasteiger partial charge in [0, 0.05) is 19.3 Å². The number of ether oxygens (including phenoxy) is 3. The van der Waals surface area contributed by atoms with Crippen LogP contribution in [0.15, 0.2) is 122 Å². The molecule has 0 rings (SSSR count). The molecule has 0 saturated carbocycles. The highest BCUT2D eigenvalue weighted by atomic mass is 16.6. The first-order valence-corrected chi connectivity index (χ1v) is 35.0. The fourth-order valence-electron chi connectivity index (χ4n) is 9.67. The maximum absolute atomic E-state index is 12.9. The van der Waals surface area contributed by atoms with Gasteiger partial charge in [-0.3, -0.25) is 14.4 Å². The fraction of sp³-hybridized carbons (Fsp3) is 0.701. The van der Waals surface area contributed by atoms with Crippen molar-refractivity contribution in [2.24, 2.45) is 0 Å². The Morgan fingerprint density at radius 2 is 0.482 bits per heavy atom. The van der Waals surface area contributed by atoms with Crippen LogP contribution in [0.1, 0.15) is 329 Å². The molecule has 83 heavy (non-hydrogen) atoms. The Morgan fingerprint density at radius 3 is 0.795 bits per heavy atom. The van der Waals surface area contributed by atoms with Crippen LogP contribution in [0, 0.1) is 0 Å². The lowest BCUT2D eigenvalue weighted by Crippen LogP contribution is -2.30. The zero-order valence-electron chi connectivity index (χ0n) is 54.4. The molecule has 0 aromatic carbocycles. The van der Waals surface area contributed by atoms with E-state index < -0.39 is 6.10 Å². The van der Waals surface area contributed by atoms with E-state index in [1.165, 1.54) is 161 Å². The minimum Gasteiger partial charge on any atom is -0.462 e. The zero-order chi connectivity index (χ0) is 59.9. The quantitative estimate of drug-likeness (QED) is 0.0261. The van der Waals surface area contributed by atoms with E-state index in [1.54, 1.807) is 0 Å². The van der Waals surface area contributed by atoms with Gasteiger partial charge in [-0.25, -0.2) is 0 Å². The molecule has 0 aliphatic heterocycles. The van der Waals surface area contributed by atoms with Crippen molar-refractivity contribution in [3.8, 4) is 0 Å². The summed E-state index contributed by atoms with van der Waals surface area (Å²) in [5.74, 6) is -0.930. The molecular formula is C77H130O6. The summed E-state index contributed by atoms with van der Waals surface area (Å²) in [6.07, 6.45) is 98.0. The van der Waals surface area contributed by atoms with Gasteiger partial charge in [-0.15, -0.1) is 0 Å². The van der Waals surface area contributed by atoms with Crippen LogP contribution >= 0.6 is 0 Å². The van der Waals surface area contributed by atoms with Crippen molar-refractivity contribution in [3.63, 3.8) is 0 Å². The van der Waals surface area contributed by atoms with E-state index in [-0.39, 0.29) is 37.5 Å². The van der Waals surface area contributed by atoms with E-state index >= 15 is 0 Å². The topological polar surface area (TPSA) is 78.9 Å². The van der Waals surface area contributed by atoms with Crippen LogP contribution in [0.2, 0.25) is 0 Å². The molecule has 0 radical (unpaired) electrons. The summed E-state index contributed by atoms with van der Waals surface area (Å²) in [7, 11) is 0. The Kier molecular flexibility index (Phi) is 66.7. The number of carbonyl (C=O) groups is 3. The highest BCUT2D eigenvalue weighted by molar-refractivity contribution is 5.71. The Bertz CT molecular complexity index is 1700. The van der Waals surface area contributed by atoms with Crippen molar-refractivity contribution in [2.75, 3.05) is 13.2 Å². The largest absolute Gasteiger partial charge is 0.462 e. The average molecular weight is 1150 g/mol. The Morgan fingerprint density at radius 1 is 0.253 bits per heavy atom. The van der Waals surface area contributed by atoms with Crippen LogP contribution in [0.25, 0.3) is 0 Å². The third-order valence-electron chi connectivity index (χ3n) is 14.9. The number of unbranched alkanes of at least 4 members (excludes halogenated alkanes) is 32. The summed E-state index contributed by atoms with van der Waals surface area (Å²) in [5.41, 5.74) is 0. The van der Waals surface area contributed by atoms with Gasteiger partial charge in [0.05, 0.1) is 0 Å². The fourth-order valence-corrected chi connectivity index (χ4v) is 9.67. The average Bonchev–Trinajstić information content (AvgIpc) is 3.48. The molecule has 0 aromatic rings. The van der Waals surface area contributed by atoms with Gasteiger partial charge >= 0.3 is 17.9 Å². The van der Waals surface area contributed by atoms with Gasteiger partial charge in [0.15, 0.2) is 6.10 Å². The van der Waals surface area contributed by atoms with Crippen LogP contribution in [0.4, 0.5) is 0 Å². The summed E-state index contributed by atoms with van der Waals surface area (Å²) in [6, 6.07) is 0. The van der Waals surface area contributed by atoms with Crippen molar-refractivity contribution in [1.29, 1.82) is 0 Å². The molecule has 0 fully saturated rings. The number of allylic oxidation sites excluding steroid dienone is 20. The molecule has 474 valence electrons. The lowest BCUT2D eigenvalue weighted by atomic mass is 10.0. The maximum Gasteiger partial charge on any atom is 0.306 e. The molecular weight excluding hydrogens is 1020 g/mol. The molecule has 0 saturated heterocycles. The summed E-state index contributed by atoms with van der Waals surface area (Å²) in [6.45, 7) is 6.47. The van der Waals surface area contributed by atoms with Gasteiger partial charge in [-0.2, -0.15) is 0 Å². The third-order valence-corrected chi connectivity index (χ3v) is 14.9. The number of hydrogen-bond donors (Lipinski definition) is 0. The van der Waals surface area contributed by atoms with Crippen molar-refractivity contribution in [1.82, 2.24) is 0 Å². The summed E-state index contributed by atoms with van der Waals surface area (Å²) >= 11 is 0. The van der Waals surface area contributed by atoms with E-state index in [4.69, 9.17) is 14.2 Å². The molecule has 0 aromatic heterocycles. The number of esters is 3. The molecule has 6 heteroatoms. The van der Waals surface area contributed by atoms with E-state index in [0.717, 1.165) is 128 Å². The van der Waals surface area contributed by atoms with Gasteiger partial charge in [0.25, 0.3) is 0 Å². The zero-order valence-corrected chi connectivity index (χ0v) is 54.4. The second kappa shape index (κ2) is 70.3. The van der Waals surface area contributed by atoms with Crippen molar-refractivity contribution < 1.29 is 28.6 Å². The van der Waals surface area contributed by atoms with Gasteiger partial charge < -0.3 is 14.2 Å². The van der Waals surface area contributed by atoms with Crippen molar-refractivity contribution in [3.05, 3.63) is 122 Å².